The number of amidine groups is 1. The molecular formula is C9H8N2O2S. The average molecular weight is 208 g/mol. The third kappa shape index (κ3) is 1.46. The molecule has 0 bridgehead atoms. The van der Waals surface area contributed by atoms with E-state index in [0.717, 1.165) is 17.3 Å². The van der Waals surface area contributed by atoms with Gasteiger partial charge < -0.3 is 10.5 Å². The van der Waals surface area contributed by atoms with E-state index >= 15 is 0 Å². The van der Waals surface area contributed by atoms with Crippen LogP contribution in [0, 0.1) is 5.41 Å². The average Bonchev–Trinajstić information content (AvgIpc) is 2.44. The van der Waals surface area contributed by atoms with Gasteiger partial charge in [0.05, 0.1) is 5.56 Å². The van der Waals surface area contributed by atoms with Crippen molar-refractivity contribution in [3.8, 4) is 0 Å². The second-order valence-electron chi connectivity index (χ2n) is 2.81. The molecule has 4 nitrogen and oxygen atoms in total. The van der Waals surface area contributed by atoms with Crippen LogP contribution in [0.5, 0.6) is 0 Å². The Morgan fingerprint density at radius 1 is 1.50 bits per heavy atom. The number of ether oxygens (including phenoxy) is 1. The van der Waals surface area contributed by atoms with E-state index in [9.17, 15) is 4.79 Å². The Morgan fingerprint density at radius 3 is 2.93 bits per heavy atom. The number of nitrogens with one attached hydrogen (secondary N) is 1. The van der Waals surface area contributed by atoms with Gasteiger partial charge in [-0.3, -0.25) is 5.41 Å². The van der Waals surface area contributed by atoms with Crippen molar-refractivity contribution in [3.63, 3.8) is 0 Å². The number of carbonyl (C=O) groups is 1. The van der Waals surface area contributed by atoms with Gasteiger partial charge in [-0.2, -0.15) is 0 Å². The zero-order valence-electron chi connectivity index (χ0n) is 7.19. The zero-order chi connectivity index (χ0) is 10.1. The summed E-state index contributed by atoms with van der Waals surface area (Å²) in [5.74, 6) is -0.348. The largest absolute Gasteiger partial charge is 0.442 e. The van der Waals surface area contributed by atoms with Crippen LogP contribution in [-0.4, -0.2) is 11.1 Å². The minimum atomic E-state index is -0.462. The van der Waals surface area contributed by atoms with Gasteiger partial charge in [-0.1, -0.05) is 18.2 Å². The molecule has 0 aliphatic carbocycles. The summed E-state index contributed by atoms with van der Waals surface area (Å²) in [7, 11) is 0. The lowest BCUT2D eigenvalue weighted by Crippen LogP contribution is -2.07. The summed E-state index contributed by atoms with van der Waals surface area (Å²) >= 11 is 1.03. The molecule has 0 radical (unpaired) electrons. The molecule has 1 aromatic carbocycles. The van der Waals surface area contributed by atoms with Gasteiger partial charge in [-0.15, -0.1) is 0 Å². The summed E-state index contributed by atoms with van der Waals surface area (Å²) in [6, 6.07) is 7.12. The molecule has 2 rings (SSSR count). The third-order valence-corrected chi connectivity index (χ3v) is 2.70. The van der Waals surface area contributed by atoms with Gasteiger partial charge in [0.15, 0.2) is 10.6 Å². The summed E-state index contributed by atoms with van der Waals surface area (Å²) in [5, 5.41) is 7.06. The molecule has 0 saturated carbocycles. The quantitative estimate of drug-likeness (QED) is 0.416. The zero-order valence-corrected chi connectivity index (χ0v) is 8.01. The first-order valence-corrected chi connectivity index (χ1v) is 4.87. The molecule has 0 spiro atoms. The molecule has 72 valence electrons. The van der Waals surface area contributed by atoms with E-state index in [1.54, 1.807) is 18.2 Å². The number of hydrogen-bond donors (Lipinski definition) is 2. The Morgan fingerprint density at radius 2 is 2.21 bits per heavy atom. The van der Waals surface area contributed by atoms with Gasteiger partial charge in [-0.25, -0.2) is 4.79 Å². The standard InChI is InChI=1S/C9H8N2O2S/c10-9(11)14-8-6-4-2-1-3-5(6)7(12)13-8/h1-4,8H,(H3,10,11). The van der Waals surface area contributed by atoms with Crippen molar-refractivity contribution in [2.75, 3.05) is 0 Å². The van der Waals surface area contributed by atoms with Crippen LogP contribution in [0.25, 0.3) is 0 Å². The lowest BCUT2D eigenvalue weighted by atomic mass is 10.1. The van der Waals surface area contributed by atoms with Crippen LogP contribution in [-0.2, 0) is 4.74 Å². The highest BCUT2D eigenvalue weighted by atomic mass is 32.2. The van der Waals surface area contributed by atoms with Crippen molar-refractivity contribution in [1.29, 1.82) is 5.41 Å². The van der Waals surface area contributed by atoms with Gasteiger partial charge in [0.25, 0.3) is 0 Å². The van der Waals surface area contributed by atoms with E-state index in [1.807, 2.05) is 6.07 Å². The maximum absolute atomic E-state index is 11.3. The Kier molecular flexibility index (Phi) is 2.17. The summed E-state index contributed by atoms with van der Waals surface area (Å²) in [6.07, 6.45) is 0. The van der Waals surface area contributed by atoms with Crippen molar-refractivity contribution >= 4 is 22.9 Å². The second-order valence-corrected chi connectivity index (χ2v) is 3.91. The van der Waals surface area contributed by atoms with Crippen molar-refractivity contribution in [3.05, 3.63) is 35.4 Å². The predicted octanol–water partition coefficient (Wildman–Crippen LogP) is 1.48. The molecular weight excluding hydrogens is 200 g/mol. The SMILES string of the molecule is N=C(N)SC1OC(=O)c2ccccc21. The molecule has 0 saturated heterocycles. The molecule has 1 aliphatic rings. The summed E-state index contributed by atoms with van der Waals surface area (Å²) in [6.45, 7) is 0. The summed E-state index contributed by atoms with van der Waals surface area (Å²) in [5.41, 5.74) is 6.12. The maximum atomic E-state index is 11.3. The van der Waals surface area contributed by atoms with E-state index in [-0.39, 0.29) is 11.1 Å². The highest BCUT2D eigenvalue weighted by Crippen LogP contribution is 2.38. The normalized spacial score (nSPS) is 18.9. The number of benzene rings is 1. The first-order valence-electron chi connectivity index (χ1n) is 3.99. The molecule has 1 heterocycles. The van der Waals surface area contributed by atoms with Crippen molar-refractivity contribution in [2.24, 2.45) is 5.73 Å². The molecule has 0 fully saturated rings. The highest BCUT2D eigenvalue weighted by Gasteiger charge is 2.31. The second kappa shape index (κ2) is 3.34. The van der Waals surface area contributed by atoms with E-state index < -0.39 is 5.44 Å². The molecule has 1 aliphatic heterocycles. The van der Waals surface area contributed by atoms with Gasteiger partial charge in [-0.05, 0) is 17.8 Å². The van der Waals surface area contributed by atoms with Crippen LogP contribution in [0.15, 0.2) is 24.3 Å². The fourth-order valence-corrected chi connectivity index (χ4v) is 2.01. The van der Waals surface area contributed by atoms with Crippen molar-refractivity contribution in [1.82, 2.24) is 0 Å². The van der Waals surface area contributed by atoms with Crippen molar-refractivity contribution in [2.45, 2.75) is 5.44 Å². The Bertz CT molecular complexity index is 404. The molecule has 0 aromatic heterocycles. The van der Waals surface area contributed by atoms with Gasteiger partial charge >= 0.3 is 5.97 Å². The van der Waals surface area contributed by atoms with Crippen molar-refractivity contribution < 1.29 is 9.53 Å². The van der Waals surface area contributed by atoms with E-state index in [2.05, 4.69) is 0 Å². The third-order valence-electron chi connectivity index (χ3n) is 1.88. The molecule has 1 atom stereocenters. The number of nitrogens with two attached hydrogens (primary N) is 1. The van der Waals surface area contributed by atoms with Crippen LogP contribution in [0.3, 0.4) is 0 Å². The maximum Gasteiger partial charge on any atom is 0.340 e. The van der Waals surface area contributed by atoms with Gasteiger partial charge in [0.2, 0.25) is 0 Å². The number of thioether (sulfide) groups is 1. The molecule has 1 unspecified atom stereocenters. The van der Waals surface area contributed by atoms with Crippen LogP contribution >= 0.6 is 11.8 Å². The van der Waals surface area contributed by atoms with Crippen LogP contribution < -0.4 is 5.73 Å². The van der Waals surface area contributed by atoms with Gasteiger partial charge in [0.1, 0.15) is 0 Å². The number of carbonyl (C=O) groups excluding carboxylic acids is 1. The first kappa shape index (κ1) is 9.08. The van der Waals surface area contributed by atoms with E-state index in [1.165, 1.54) is 0 Å². The number of hydrogen-bond acceptors (Lipinski definition) is 4. The molecule has 3 N–H and O–H groups in total. The smallest absolute Gasteiger partial charge is 0.340 e. The highest BCUT2D eigenvalue weighted by molar-refractivity contribution is 8.13. The molecule has 0 amide bonds. The molecule has 14 heavy (non-hydrogen) atoms. The summed E-state index contributed by atoms with van der Waals surface area (Å²) in [4.78, 5) is 11.3. The fraction of sp³-hybridized carbons (Fsp3) is 0.111. The monoisotopic (exact) mass is 208 g/mol. The number of cyclic esters (lactones) is 1. The minimum absolute atomic E-state index is 0.0560. The Balaban J connectivity index is 2.34. The van der Waals surface area contributed by atoms with Gasteiger partial charge in [0, 0.05) is 5.56 Å². The Labute approximate surface area is 84.9 Å². The molecule has 1 aromatic rings. The van der Waals surface area contributed by atoms with E-state index in [0.29, 0.717) is 5.56 Å². The van der Waals surface area contributed by atoms with Crippen LogP contribution in [0.2, 0.25) is 0 Å². The van der Waals surface area contributed by atoms with Crippen LogP contribution in [0.4, 0.5) is 0 Å². The topological polar surface area (TPSA) is 76.2 Å². The lowest BCUT2D eigenvalue weighted by Gasteiger charge is -2.07. The lowest BCUT2D eigenvalue weighted by molar-refractivity contribution is 0.0523. The number of fused-ring (bicyclic) bond motifs is 1. The Hall–Kier alpha value is -1.49. The van der Waals surface area contributed by atoms with Crippen LogP contribution in [0.1, 0.15) is 21.4 Å². The van der Waals surface area contributed by atoms with E-state index in [4.69, 9.17) is 15.9 Å². The predicted molar refractivity (Wildman–Crippen MR) is 54.1 cm³/mol. The number of esters is 1. The minimum Gasteiger partial charge on any atom is -0.442 e. The number of rotatable bonds is 1. The summed E-state index contributed by atoms with van der Waals surface area (Å²) < 4.78 is 5.05. The fourth-order valence-electron chi connectivity index (χ4n) is 1.32. The molecule has 5 heteroatoms. The first-order chi connectivity index (χ1) is 6.68.